The maximum atomic E-state index is 6.24. The van der Waals surface area contributed by atoms with Gasteiger partial charge in [-0.15, -0.1) is 0 Å². The molecular weight excluding hydrogens is 184 g/mol. The van der Waals surface area contributed by atoms with E-state index in [1.807, 2.05) is 0 Å². The Labute approximate surface area is 92.1 Å². The van der Waals surface area contributed by atoms with Crippen LogP contribution in [0.2, 0.25) is 0 Å². The lowest BCUT2D eigenvalue weighted by Crippen LogP contribution is -2.47. The van der Waals surface area contributed by atoms with E-state index in [0.717, 1.165) is 13.1 Å². The molecule has 0 amide bonds. The molecule has 2 rings (SSSR count). The second kappa shape index (κ2) is 4.77. The monoisotopic (exact) mass is 204 g/mol. The van der Waals surface area contributed by atoms with E-state index in [4.69, 9.17) is 5.73 Å². The molecule has 2 heteroatoms. The average molecular weight is 204 g/mol. The van der Waals surface area contributed by atoms with Crippen molar-refractivity contribution < 1.29 is 0 Å². The lowest BCUT2D eigenvalue weighted by atomic mass is 9.86. The summed E-state index contributed by atoms with van der Waals surface area (Å²) in [6.07, 6.45) is 1.19. The van der Waals surface area contributed by atoms with Crippen LogP contribution >= 0.6 is 0 Å². The van der Waals surface area contributed by atoms with E-state index in [2.05, 4.69) is 42.2 Å². The highest BCUT2D eigenvalue weighted by Crippen LogP contribution is 2.26. The van der Waals surface area contributed by atoms with Gasteiger partial charge in [-0.25, -0.2) is 0 Å². The number of rotatable bonds is 2. The minimum Gasteiger partial charge on any atom is -0.326 e. The van der Waals surface area contributed by atoms with Crippen molar-refractivity contribution in [1.82, 2.24) is 4.90 Å². The number of piperidine rings is 1. The van der Waals surface area contributed by atoms with Crippen molar-refractivity contribution in [3.8, 4) is 0 Å². The first kappa shape index (κ1) is 10.7. The van der Waals surface area contributed by atoms with Crippen LogP contribution in [0.3, 0.4) is 0 Å². The summed E-state index contributed by atoms with van der Waals surface area (Å²) in [5.41, 5.74) is 7.64. The molecule has 0 bridgehead atoms. The predicted molar refractivity (Wildman–Crippen MR) is 63.9 cm³/mol. The minimum atomic E-state index is 0.293. The highest BCUT2D eigenvalue weighted by atomic mass is 15.1. The van der Waals surface area contributed by atoms with Gasteiger partial charge in [0.25, 0.3) is 0 Å². The van der Waals surface area contributed by atoms with Gasteiger partial charge in [0, 0.05) is 18.5 Å². The van der Waals surface area contributed by atoms with Crippen molar-refractivity contribution in [2.24, 2.45) is 5.73 Å². The molecule has 2 nitrogen and oxygen atoms in total. The molecule has 1 fully saturated rings. The van der Waals surface area contributed by atoms with Crippen LogP contribution < -0.4 is 5.73 Å². The minimum absolute atomic E-state index is 0.293. The first-order valence-electron chi connectivity index (χ1n) is 5.84. The normalized spacial score (nSPS) is 27.9. The fourth-order valence-electron chi connectivity index (χ4n) is 2.45. The lowest BCUT2D eigenvalue weighted by molar-refractivity contribution is 0.199. The van der Waals surface area contributed by atoms with E-state index in [1.165, 1.54) is 18.5 Å². The van der Waals surface area contributed by atoms with Gasteiger partial charge in [-0.1, -0.05) is 37.3 Å². The first-order valence-corrected chi connectivity index (χ1v) is 5.84. The van der Waals surface area contributed by atoms with Gasteiger partial charge < -0.3 is 10.6 Å². The SMILES string of the molecule is CCN1CCC(c2ccccc2)C(N)C1. The Bertz CT molecular complexity index is 297. The lowest BCUT2D eigenvalue weighted by Gasteiger charge is -2.36. The van der Waals surface area contributed by atoms with Crippen molar-refractivity contribution in [2.75, 3.05) is 19.6 Å². The molecule has 0 aliphatic carbocycles. The number of hydrogen-bond acceptors (Lipinski definition) is 2. The summed E-state index contributed by atoms with van der Waals surface area (Å²) in [5, 5.41) is 0. The number of likely N-dealkylation sites (N-methyl/N-ethyl adjacent to an activating group) is 1. The molecule has 1 aliphatic rings. The summed E-state index contributed by atoms with van der Waals surface area (Å²) in [7, 11) is 0. The first-order chi connectivity index (χ1) is 7.31. The maximum Gasteiger partial charge on any atom is 0.0237 e. The molecule has 0 saturated carbocycles. The summed E-state index contributed by atoms with van der Waals surface area (Å²) in [4.78, 5) is 2.43. The molecule has 1 aromatic carbocycles. The van der Waals surface area contributed by atoms with Crippen LogP contribution in [0.25, 0.3) is 0 Å². The number of nitrogens with two attached hydrogens (primary N) is 1. The molecule has 2 unspecified atom stereocenters. The van der Waals surface area contributed by atoms with Crippen molar-refractivity contribution in [1.29, 1.82) is 0 Å². The largest absolute Gasteiger partial charge is 0.326 e. The van der Waals surface area contributed by atoms with Gasteiger partial charge in [-0.2, -0.15) is 0 Å². The molecule has 1 aromatic rings. The Kier molecular flexibility index (Phi) is 3.39. The number of nitrogens with zero attached hydrogens (tertiary/aromatic N) is 1. The summed E-state index contributed by atoms with van der Waals surface area (Å²) in [5.74, 6) is 0.550. The van der Waals surface area contributed by atoms with E-state index >= 15 is 0 Å². The molecule has 2 N–H and O–H groups in total. The molecular formula is C13H20N2. The molecule has 0 spiro atoms. The summed E-state index contributed by atoms with van der Waals surface area (Å²) in [6.45, 7) is 5.55. The Hall–Kier alpha value is -0.860. The smallest absolute Gasteiger partial charge is 0.0237 e. The standard InChI is InChI=1S/C13H20N2/c1-2-15-9-8-12(13(14)10-15)11-6-4-3-5-7-11/h3-7,12-13H,2,8-10,14H2,1H3. The van der Waals surface area contributed by atoms with Gasteiger partial charge in [0.05, 0.1) is 0 Å². The van der Waals surface area contributed by atoms with Crippen molar-refractivity contribution >= 4 is 0 Å². The van der Waals surface area contributed by atoms with Crippen LogP contribution in [0.5, 0.6) is 0 Å². The van der Waals surface area contributed by atoms with Gasteiger partial charge in [-0.05, 0) is 25.1 Å². The average Bonchev–Trinajstić information content (AvgIpc) is 2.30. The molecule has 0 aromatic heterocycles. The second-order valence-corrected chi connectivity index (χ2v) is 4.36. The highest BCUT2D eigenvalue weighted by molar-refractivity contribution is 5.22. The zero-order chi connectivity index (χ0) is 10.7. The molecule has 82 valence electrons. The topological polar surface area (TPSA) is 29.3 Å². The number of benzene rings is 1. The number of hydrogen-bond donors (Lipinski definition) is 1. The molecule has 1 aliphatic heterocycles. The zero-order valence-corrected chi connectivity index (χ0v) is 9.39. The summed E-state index contributed by atoms with van der Waals surface area (Å²) in [6, 6.07) is 11.0. The van der Waals surface area contributed by atoms with Gasteiger partial charge in [-0.3, -0.25) is 0 Å². The quantitative estimate of drug-likeness (QED) is 0.796. The van der Waals surface area contributed by atoms with Crippen molar-refractivity contribution in [3.05, 3.63) is 35.9 Å². The highest BCUT2D eigenvalue weighted by Gasteiger charge is 2.26. The van der Waals surface area contributed by atoms with Crippen LogP contribution in [-0.2, 0) is 0 Å². The fourth-order valence-corrected chi connectivity index (χ4v) is 2.45. The summed E-state index contributed by atoms with van der Waals surface area (Å²) < 4.78 is 0. The third-order valence-corrected chi connectivity index (χ3v) is 3.42. The van der Waals surface area contributed by atoms with Crippen molar-refractivity contribution in [2.45, 2.75) is 25.3 Å². The third-order valence-electron chi connectivity index (χ3n) is 3.42. The molecule has 2 atom stereocenters. The van der Waals surface area contributed by atoms with Gasteiger partial charge in [0.1, 0.15) is 0 Å². The molecule has 0 radical (unpaired) electrons. The van der Waals surface area contributed by atoms with Crippen LogP contribution in [0.15, 0.2) is 30.3 Å². The van der Waals surface area contributed by atoms with E-state index in [0.29, 0.717) is 12.0 Å². The van der Waals surface area contributed by atoms with E-state index in [-0.39, 0.29) is 0 Å². The van der Waals surface area contributed by atoms with Crippen LogP contribution in [0, 0.1) is 0 Å². The fraction of sp³-hybridized carbons (Fsp3) is 0.538. The number of likely N-dealkylation sites (tertiary alicyclic amines) is 1. The maximum absolute atomic E-state index is 6.24. The van der Waals surface area contributed by atoms with Gasteiger partial charge >= 0.3 is 0 Å². The Morgan fingerprint density at radius 2 is 2.07 bits per heavy atom. The Balaban J connectivity index is 2.06. The van der Waals surface area contributed by atoms with Crippen LogP contribution in [0.4, 0.5) is 0 Å². The molecule has 1 saturated heterocycles. The van der Waals surface area contributed by atoms with E-state index < -0.39 is 0 Å². The zero-order valence-electron chi connectivity index (χ0n) is 9.39. The van der Waals surface area contributed by atoms with Gasteiger partial charge in [0.2, 0.25) is 0 Å². The predicted octanol–water partition coefficient (Wildman–Crippen LogP) is 1.82. The second-order valence-electron chi connectivity index (χ2n) is 4.36. The Morgan fingerprint density at radius 3 is 2.67 bits per heavy atom. The van der Waals surface area contributed by atoms with E-state index in [9.17, 15) is 0 Å². The van der Waals surface area contributed by atoms with Crippen LogP contribution in [-0.4, -0.2) is 30.6 Å². The molecule has 15 heavy (non-hydrogen) atoms. The third kappa shape index (κ3) is 2.39. The molecule has 1 heterocycles. The summed E-state index contributed by atoms with van der Waals surface area (Å²) >= 11 is 0. The Morgan fingerprint density at radius 1 is 1.33 bits per heavy atom. The van der Waals surface area contributed by atoms with Crippen molar-refractivity contribution in [3.63, 3.8) is 0 Å². The van der Waals surface area contributed by atoms with Gasteiger partial charge in [0.15, 0.2) is 0 Å². The van der Waals surface area contributed by atoms with E-state index in [1.54, 1.807) is 0 Å². The van der Waals surface area contributed by atoms with Crippen LogP contribution in [0.1, 0.15) is 24.8 Å².